The zero-order chi connectivity index (χ0) is 13.4. The fraction of sp³-hybridized carbons (Fsp3) is 0.400. The number of nitrogens with zero attached hydrogens (tertiary/aromatic N) is 2. The summed E-state index contributed by atoms with van der Waals surface area (Å²) in [5, 5.41) is 7.92. The first-order valence-corrected chi connectivity index (χ1v) is 6.66. The highest BCUT2D eigenvalue weighted by atomic mass is 16.5. The van der Waals surface area contributed by atoms with Gasteiger partial charge >= 0.3 is 0 Å². The van der Waals surface area contributed by atoms with Gasteiger partial charge in [-0.2, -0.15) is 5.10 Å². The molecule has 1 aromatic carbocycles. The maximum Gasteiger partial charge on any atom is 0.122 e. The Morgan fingerprint density at radius 1 is 1.42 bits per heavy atom. The molecule has 0 saturated heterocycles. The van der Waals surface area contributed by atoms with Gasteiger partial charge in [0.1, 0.15) is 5.75 Å². The number of hydrogen-bond donors (Lipinski definition) is 1. The molecule has 100 valence electrons. The molecule has 1 N–H and O–H groups in total. The van der Waals surface area contributed by atoms with E-state index in [2.05, 4.69) is 35.7 Å². The van der Waals surface area contributed by atoms with Crippen molar-refractivity contribution in [1.29, 1.82) is 0 Å². The van der Waals surface area contributed by atoms with Crippen molar-refractivity contribution in [2.24, 2.45) is 7.05 Å². The largest absolute Gasteiger partial charge is 0.493 e. The predicted octanol–water partition coefficient (Wildman–Crippen LogP) is 2.84. The molecule has 1 aliphatic heterocycles. The molecular weight excluding hydrogens is 238 g/mol. The van der Waals surface area contributed by atoms with E-state index in [-0.39, 0.29) is 6.04 Å². The van der Waals surface area contributed by atoms with Gasteiger partial charge in [-0.25, -0.2) is 0 Å². The van der Waals surface area contributed by atoms with Crippen molar-refractivity contribution in [3.8, 4) is 5.75 Å². The van der Waals surface area contributed by atoms with Gasteiger partial charge < -0.3 is 10.1 Å². The van der Waals surface area contributed by atoms with E-state index in [0.717, 1.165) is 30.2 Å². The minimum absolute atomic E-state index is 0.245. The summed E-state index contributed by atoms with van der Waals surface area (Å²) in [6, 6.07) is 6.55. The van der Waals surface area contributed by atoms with Gasteiger partial charge in [-0.05, 0) is 37.6 Å². The number of fused-ring (bicyclic) bond motifs is 1. The quantitative estimate of drug-likeness (QED) is 0.919. The number of aromatic nitrogens is 2. The van der Waals surface area contributed by atoms with Crippen LogP contribution in [-0.4, -0.2) is 16.4 Å². The Bertz CT molecular complexity index is 603. The third-order valence-corrected chi connectivity index (χ3v) is 3.59. The smallest absolute Gasteiger partial charge is 0.122 e. The molecule has 1 aliphatic rings. The highest BCUT2D eigenvalue weighted by molar-refractivity contribution is 5.53. The molecule has 0 spiro atoms. The van der Waals surface area contributed by atoms with E-state index in [4.69, 9.17) is 4.74 Å². The summed E-state index contributed by atoms with van der Waals surface area (Å²) in [4.78, 5) is 0. The van der Waals surface area contributed by atoms with Gasteiger partial charge in [0.25, 0.3) is 0 Å². The number of ether oxygens (including phenoxy) is 1. The van der Waals surface area contributed by atoms with E-state index >= 15 is 0 Å². The van der Waals surface area contributed by atoms with Gasteiger partial charge in [-0.3, -0.25) is 4.68 Å². The van der Waals surface area contributed by atoms with Crippen LogP contribution >= 0.6 is 0 Å². The Morgan fingerprint density at radius 2 is 2.26 bits per heavy atom. The fourth-order valence-corrected chi connectivity index (χ4v) is 2.65. The predicted molar refractivity (Wildman–Crippen MR) is 75.6 cm³/mol. The second-order valence-electron chi connectivity index (χ2n) is 5.13. The molecule has 2 heterocycles. The van der Waals surface area contributed by atoms with Crippen LogP contribution in [0.15, 0.2) is 24.4 Å². The lowest BCUT2D eigenvalue weighted by molar-refractivity contribution is 0.357. The third-order valence-electron chi connectivity index (χ3n) is 3.59. The molecule has 0 bridgehead atoms. The lowest BCUT2D eigenvalue weighted by Gasteiger charge is -2.15. The van der Waals surface area contributed by atoms with Crippen molar-refractivity contribution in [3.05, 3.63) is 41.2 Å². The van der Waals surface area contributed by atoms with Crippen LogP contribution in [-0.2, 0) is 13.5 Å². The van der Waals surface area contributed by atoms with Crippen molar-refractivity contribution < 1.29 is 4.74 Å². The van der Waals surface area contributed by atoms with Gasteiger partial charge in [0, 0.05) is 30.9 Å². The van der Waals surface area contributed by atoms with Crippen LogP contribution in [0.5, 0.6) is 5.75 Å². The third kappa shape index (κ3) is 2.30. The highest BCUT2D eigenvalue weighted by Gasteiger charge is 2.15. The minimum atomic E-state index is 0.245. The van der Waals surface area contributed by atoms with Crippen LogP contribution in [0.3, 0.4) is 0 Å². The molecule has 0 amide bonds. The number of nitrogens with one attached hydrogen (secondary N) is 1. The SMILES string of the molecule is Cc1nn(C)cc1C(C)Nc1ccc2c(c1)CCO2. The maximum absolute atomic E-state index is 5.52. The van der Waals surface area contributed by atoms with Crippen molar-refractivity contribution in [3.63, 3.8) is 0 Å². The Kier molecular flexibility index (Phi) is 2.93. The van der Waals surface area contributed by atoms with Crippen molar-refractivity contribution in [2.45, 2.75) is 26.3 Å². The summed E-state index contributed by atoms with van der Waals surface area (Å²) < 4.78 is 7.38. The first-order chi connectivity index (χ1) is 9.13. The Balaban J connectivity index is 1.79. The topological polar surface area (TPSA) is 39.1 Å². The van der Waals surface area contributed by atoms with Crippen molar-refractivity contribution in [2.75, 3.05) is 11.9 Å². The second kappa shape index (κ2) is 4.61. The van der Waals surface area contributed by atoms with Gasteiger partial charge in [0.2, 0.25) is 0 Å². The molecule has 0 fully saturated rings. The second-order valence-corrected chi connectivity index (χ2v) is 5.13. The summed E-state index contributed by atoms with van der Waals surface area (Å²) in [6.07, 6.45) is 3.08. The average molecular weight is 257 g/mol. The fourth-order valence-electron chi connectivity index (χ4n) is 2.65. The highest BCUT2D eigenvalue weighted by Crippen LogP contribution is 2.29. The van der Waals surface area contributed by atoms with Gasteiger partial charge in [-0.15, -0.1) is 0 Å². The molecule has 1 aromatic heterocycles. The van der Waals surface area contributed by atoms with Crippen LogP contribution in [0.2, 0.25) is 0 Å². The summed E-state index contributed by atoms with van der Waals surface area (Å²) in [5.41, 5.74) is 4.74. The van der Waals surface area contributed by atoms with Gasteiger partial charge in [-0.1, -0.05) is 0 Å². The number of anilines is 1. The van der Waals surface area contributed by atoms with Crippen LogP contribution in [0.4, 0.5) is 5.69 Å². The molecule has 3 rings (SSSR count). The first-order valence-electron chi connectivity index (χ1n) is 6.66. The van der Waals surface area contributed by atoms with E-state index in [1.54, 1.807) is 0 Å². The zero-order valence-corrected chi connectivity index (χ0v) is 11.6. The van der Waals surface area contributed by atoms with Crippen molar-refractivity contribution >= 4 is 5.69 Å². The van der Waals surface area contributed by atoms with Gasteiger partial charge in [0.15, 0.2) is 0 Å². The zero-order valence-electron chi connectivity index (χ0n) is 11.6. The lowest BCUT2D eigenvalue weighted by atomic mass is 10.1. The number of benzene rings is 1. The molecule has 0 radical (unpaired) electrons. The standard InChI is InChI=1S/C15H19N3O/c1-10(14-9-18(3)17-11(14)2)16-13-4-5-15-12(8-13)6-7-19-15/h4-5,8-10,16H,6-7H2,1-3H3. The number of hydrogen-bond acceptors (Lipinski definition) is 3. The molecule has 2 aromatic rings. The molecule has 0 saturated carbocycles. The summed E-state index contributed by atoms with van der Waals surface area (Å²) >= 11 is 0. The lowest BCUT2D eigenvalue weighted by Crippen LogP contribution is -2.07. The molecule has 0 aliphatic carbocycles. The molecule has 1 unspecified atom stereocenters. The molecule has 19 heavy (non-hydrogen) atoms. The maximum atomic E-state index is 5.52. The van der Waals surface area contributed by atoms with Crippen LogP contribution in [0.1, 0.15) is 29.8 Å². The Morgan fingerprint density at radius 3 is 3.00 bits per heavy atom. The molecular formula is C15H19N3O. The van der Waals surface area contributed by atoms with E-state index in [1.165, 1.54) is 11.1 Å². The van der Waals surface area contributed by atoms with E-state index in [9.17, 15) is 0 Å². The molecule has 4 heteroatoms. The van der Waals surface area contributed by atoms with E-state index in [1.807, 2.05) is 24.7 Å². The summed E-state index contributed by atoms with van der Waals surface area (Å²) in [7, 11) is 1.95. The normalized spacial score (nSPS) is 14.9. The van der Waals surface area contributed by atoms with Crippen LogP contribution in [0.25, 0.3) is 0 Å². The summed E-state index contributed by atoms with van der Waals surface area (Å²) in [6.45, 7) is 5.01. The van der Waals surface area contributed by atoms with Crippen LogP contribution in [0, 0.1) is 6.92 Å². The summed E-state index contributed by atoms with van der Waals surface area (Å²) in [5.74, 6) is 1.02. The number of rotatable bonds is 3. The van der Waals surface area contributed by atoms with Crippen molar-refractivity contribution in [1.82, 2.24) is 9.78 Å². The Hall–Kier alpha value is -1.97. The van der Waals surface area contributed by atoms with E-state index < -0.39 is 0 Å². The van der Waals surface area contributed by atoms with Crippen LogP contribution < -0.4 is 10.1 Å². The van der Waals surface area contributed by atoms with Gasteiger partial charge in [0.05, 0.1) is 18.3 Å². The minimum Gasteiger partial charge on any atom is -0.493 e. The first kappa shape index (κ1) is 12.1. The monoisotopic (exact) mass is 257 g/mol. The Labute approximate surface area is 113 Å². The number of aryl methyl sites for hydroxylation is 2. The molecule has 1 atom stereocenters. The average Bonchev–Trinajstić information content (AvgIpc) is 2.94. The molecule has 4 nitrogen and oxygen atoms in total. The van der Waals surface area contributed by atoms with E-state index in [0.29, 0.717) is 0 Å².